The van der Waals surface area contributed by atoms with Crippen LogP contribution in [0.2, 0.25) is 0 Å². The van der Waals surface area contributed by atoms with Crippen LogP contribution in [-0.4, -0.2) is 31.7 Å². The highest BCUT2D eigenvalue weighted by Crippen LogP contribution is 2.19. The van der Waals surface area contributed by atoms with E-state index in [-0.39, 0.29) is 12.4 Å². The maximum absolute atomic E-state index is 4.31. The fraction of sp³-hybridized carbons (Fsp3) is 0.700. The van der Waals surface area contributed by atoms with E-state index in [2.05, 4.69) is 22.2 Å². The summed E-state index contributed by atoms with van der Waals surface area (Å²) in [6.07, 6.45) is 4.48. The highest BCUT2D eigenvalue weighted by atomic mass is 35.5. The molecule has 1 saturated heterocycles. The SMILES string of the molecule is CN(CC1CCNCC1)c1nccs1.Cl. The molecule has 1 N–H and O–H groups in total. The number of rotatable bonds is 3. The highest BCUT2D eigenvalue weighted by Gasteiger charge is 2.15. The zero-order valence-electron chi connectivity index (χ0n) is 8.98. The quantitative estimate of drug-likeness (QED) is 0.886. The summed E-state index contributed by atoms with van der Waals surface area (Å²) in [5, 5.41) is 6.57. The van der Waals surface area contributed by atoms with Crippen LogP contribution in [0.5, 0.6) is 0 Å². The number of hydrogen-bond acceptors (Lipinski definition) is 4. The molecule has 1 aliphatic rings. The molecule has 1 aromatic heterocycles. The lowest BCUT2D eigenvalue weighted by atomic mass is 9.98. The van der Waals surface area contributed by atoms with Gasteiger partial charge in [0.05, 0.1) is 0 Å². The number of halogens is 1. The van der Waals surface area contributed by atoms with E-state index in [0.717, 1.165) is 17.6 Å². The minimum absolute atomic E-state index is 0. The normalized spacial score (nSPS) is 17.1. The first-order valence-corrected chi connectivity index (χ1v) is 6.05. The average Bonchev–Trinajstić information content (AvgIpc) is 2.72. The van der Waals surface area contributed by atoms with Crippen LogP contribution in [0.4, 0.5) is 5.13 Å². The molecule has 0 aliphatic carbocycles. The zero-order chi connectivity index (χ0) is 9.80. The standard InChI is InChI=1S/C10H17N3S.ClH/c1-13(10-12-6-7-14-10)8-9-2-4-11-5-3-9;/h6-7,9,11H,2-5,8H2,1H3;1H. The summed E-state index contributed by atoms with van der Waals surface area (Å²) in [4.78, 5) is 6.59. The van der Waals surface area contributed by atoms with Gasteiger partial charge >= 0.3 is 0 Å². The number of aromatic nitrogens is 1. The molecule has 0 unspecified atom stereocenters. The van der Waals surface area contributed by atoms with Crippen molar-refractivity contribution >= 4 is 28.9 Å². The van der Waals surface area contributed by atoms with Gasteiger partial charge in [-0.25, -0.2) is 4.98 Å². The summed E-state index contributed by atoms with van der Waals surface area (Å²) in [5.74, 6) is 0.838. The molecule has 0 bridgehead atoms. The van der Waals surface area contributed by atoms with Gasteiger partial charge in [-0.15, -0.1) is 23.7 Å². The van der Waals surface area contributed by atoms with Crippen molar-refractivity contribution in [1.29, 1.82) is 0 Å². The van der Waals surface area contributed by atoms with Crippen molar-refractivity contribution in [3.63, 3.8) is 0 Å². The molecule has 0 amide bonds. The number of anilines is 1. The number of hydrogen-bond donors (Lipinski definition) is 1. The van der Waals surface area contributed by atoms with E-state index in [4.69, 9.17) is 0 Å². The van der Waals surface area contributed by atoms with E-state index in [1.54, 1.807) is 11.3 Å². The molecule has 0 radical (unpaired) electrons. The maximum atomic E-state index is 4.31. The average molecular weight is 248 g/mol. The van der Waals surface area contributed by atoms with Crippen molar-refractivity contribution in [1.82, 2.24) is 10.3 Å². The van der Waals surface area contributed by atoms with E-state index >= 15 is 0 Å². The Kier molecular flexibility index (Phi) is 5.36. The second-order valence-electron chi connectivity index (χ2n) is 3.89. The Morgan fingerprint density at radius 1 is 1.53 bits per heavy atom. The summed E-state index contributed by atoms with van der Waals surface area (Å²) >= 11 is 1.72. The Balaban J connectivity index is 0.00000112. The van der Waals surface area contributed by atoms with Crippen molar-refractivity contribution < 1.29 is 0 Å². The Labute approximate surface area is 101 Å². The van der Waals surface area contributed by atoms with Gasteiger partial charge < -0.3 is 10.2 Å². The maximum Gasteiger partial charge on any atom is 0.184 e. The molecule has 0 aromatic carbocycles. The first-order chi connectivity index (χ1) is 6.86. The number of thiazole rings is 1. The number of nitrogens with zero attached hydrogens (tertiary/aromatic N) is 2. The van der Waals surface area contributed by atoms with Crippen LogP contribution in [0.15, 0.2) is 11.6 Å². The van der Waals surface area contributed by atoms with Crippen LogP contribution in [0, 0.1) is 5.92 Å². The molecular weight excluding hydrogens is 230 g/mol. The molecule has 0 spiro atoms. The molecule has 3 nitrogen and oxygen atoms in total. The van der Waals surface area contributed by atoms with Gasteiger partial charge in [-0.3, -0.25) is 0 Å². The molecular formula is C10H18ClN3S. The smallest absolute Gasteiger partial charge is 0.184 e. The molecule has 1 aliphatic heterocycles. The fourth-order valence-corrected chi connectivity index (χ4v) is 2.55. The third-order valence-electron chi connectivity index (χ3n) is 2.74. The van der Waals surface area contributed by atoms with Gasteiger partial charge in [0.1, 0.15) is 0 Å². The van der Waals surface area contributed by atoms with Crippen molar-refractivity contribution in [2.75, 3.05) is 31.6 Å². The number of piperidine rings is 1. The Morgan fingerprint density at radius 3 is 2.87 bits per heavy atom. The fourth-order valence-electron chi connectivity index (χ4n) is 1.93. The zero-order valence-corrected chi connectivity index (χ0v) is 10.6. The van der Waals surface area contributed by atoms with Crippen LogP contribution in [-0.2, 0) is 0 Å². The van der Waals surface area contributed by atoms with E-state index in [1.165, 1.54) is 25.9 Å². The van der Waals surface area contributed by atoms with Gasteiger partial charge in [-0.2, -0.15) is 0 Å². The second-order valence-corrected chi connectivity index (χ2v) is 4.76. The van der Waals surface area contributed by atoms with Crippen LogP contribution in [0.1, 0.15) is 12.8 Å². The largest absolute Gasteiger partial charge is 0.351 e. The van der Waals surface area contributed by atoms with E-state index in [0.29, 0.717) is 0 Å². The lowest BCUT2D eigenvalue weighted by molar-refractivity contribution is 0.378. The second kappa shape index (κ2) is 6.30. The van der Waals surface area contributed by atoms with Gasteiger partial charge in [-0.1, -0.05) is 0 Å². The molecule has 0 saturated carbocycles. The van der Waals surface area contributed by atoms with Gasteiger partial charge in [0.2, 0.25) is 0 Å². The van der Waals surface area contributed by atoms with Gasteiger partial charge in [0.25, 0.3) is 0 Å². The monoisotopic (exact) mass is 247 g/mol. The molecule has 15 heavy (non-hydrogen) atoms. The predicted octanol–water partition coefficient (Wildman–Crippen LogP) is 2.00. The molecule has 1 aromatic rings. The first kappa shape index (κ1) is 12.7. The van der Waals surface area contributed by atoms with Crippen LogP contribution < -0.4 is 10.2 Å². The summed E-state index contributed by atoms with van der Waals surface area (Å²) in [6, 6.07) is 0. The summed E-state index contributed by atoms with van der Waals surface area (Å²) in [7, 11) is 2.14. The summed E-state index contributed by atoms with van der Waals surface area (Å²) < 4.78 is 0. The van der Waals surface area contributed by atoms with Crippen molar-refractivity contribution in [3.05, 3.63) is 11.6 Å². The van der Waals surface area contributed by atoms with Crippen LogP contribution in [0.25, 0.3) is 0 Å². The third-order valence-corrected chi connectivity index (χ3v) is 3.62. The molecule has 2 heterocycles. The summed E-state index contributed by atoms with van der Waals surface area (Å²) in [5.41, 5.74) is 0. The lowest BCUT2D eigenvalue weighted by Gasteiger charge is -2.27. The minimum Gasteiger partial charge on any atom is -0.351 e. The van der Waals surface area contributed by atoms with Gasteiger partial charge in [0, 0.05) is 25.2 Å². The Morgan fingerprint density at radius 2 is 2.27 bits per heavy atom. The topological polar surface area (TPSA) is 28.2 Å². The van der Waals surface area contributed by atoms with Crippen molar-refractivity contribution in [3.8, 4) is 0 Å². The lowest BCUT2D eigenvalue weighted by Crippen LogP contribution is -2.34. The Bertz CT molecular complexity index is 260. The Hall–Kier alpha value is -0.320. The van der Waals surface area contributed by atoms with E-state index in [1.807, 2.05) is 11.6 Å². The highest BCUT2D eigenvalue weighted by molar-refractivity contribution is 7.13. The molecule has 86 valence electrons. The molecule has 1 fully saturated rings. The minimum atomic E-state index is 0. The van der Waals surface area contributed by atoms with Crippen LogP contribution in [0.3, 0.4) is 0 Å². The first-order valence-electron chi connectivity index (χ1n) is 5.17. The predicted molar refractivity (Wildman–Crippen MR) is 68.2 cm³/mol. The summed E-state index contributed by atoms with van der Waals surface area (Å²) in [6.45, 7) is 3.50. The van der Waals surface area contributed by atoms with E-state index in [9.17, 15) is 0 Å². The van der Waals surface area contributed by atoms with Gasteiger partial charge in [0.15, 0.2) is 5.13 Å². The van der Waals surface area contributed by atoms with Crippen LogP contribution >= 0.6 is 23.7 Å². The number of nitrogens with one attached hydrogen (secondary N) is 1. The third kappa shape index (κ3) is 3.63. The molecule has 5 heteroatoms. The van der Waals surface area contributed by atoms with Gasteiger partial charge in [-0.05, 0) is 31.8 Å². The van der Waals surface area contributed by atoms with Crippen molar-refractivity contribution in [2.24, 2.45) is 5.92 Å². The van der Waals surface area contributed by atoms with Crippen molar-refractivity contribution in [2.45, 2.75) is 12.8 Å². The van der Waals surface area contributed by atoms with E-state index < -0.39 is 0 Å². The molecule has 2 rings (SSSR count). The molecule has 0 atom stereocenters.